The van der Waals surface area contributed by atoms with Gasteiger partial charge in [0.05, 0.1) is 26.0 Å². The summed E-state index contributed by atoms with van der Waals surface area (Å²) in [6.45, 7) is 5.36. The van der Waals surface area contributed by atoms with E-state index in [-0.39, 0.29) is 17.9 Å². The van der Waals surface area contributed by atoms with Crippen molar-refractivity contribution >= 4 is 17.8 Å². The Morgan fingerprint density at radius 3 is 2.40 bits per heavy atom. The van der Waals surface area contributed by atoms with Gasteiger partial charge >= 0.3 is 6.09 Å². The molecule has 50 heavy (non-hydrogen) atoms. The van der Waals surface area contributed by atoms with Crippen LogP contribution in [0.1, 0.15) is 99.7 Å². The number of hydrogen-bond acceptors (Lipinski definition) is 9. The highest BCUT2D eigenvalue weighted by molar-refractivity contribution is 6.00. The van der Waals surface area contributed by atoms with E-state index in [2.05, 4.69) is 6.07 Å². The molecule has 2 aliphatic heterocycles. The molecule has 0 bridgehead atoms. The summed E-state index contributed by atoms with van der Waals surface area (Å²) < 4.78 is 23.0. The normalized spacial score (nSPS) is 23.8. The number of ether oxygens (including phenoxy) is 3. The number of aromatic nitrogens is 3. The molecule has 5 fully saturated rings. The van der Waals surface area contributed by atoms with Crippen LogP contribution in [0.2, 0.25) is 0 Å². The van der Waals surface area contributed by atoms with Crippen molar-refractivity contribution in [2.24, 2.45) is 17.8 Å². The maximum absolute atomic E-state index is 15.0. The molecule has 3 aromatic rings. The van der Waals surface area contributed by atoms with E-state index < -0.39 is 5.60 Å². The molecule has 0 N–H and O–H groups in total. The van der Waals surface area contributed by atoms with E-state index in [9.17, 15) is 4.79 Å². The number of carbonyl (C=O) groups excluding carboxylic acids is 2. The summed E-state index contributed by atoms with van der Waals surface area (Å²) in [5.41, 5.74) is 2.40. The Balaban J connectivity index is 1.03. The van der Waals surface area contributed by atoms with Gasteiger partial charge in [-0.05, 0) is 101 Å². The van der Waals surface area contributed by atoms with Crippen LogP contribution >= 0.6 is 0 Å². The summed E-state index contributed by atoms with van der Waals surface area (Å²) in [5.74, 6) is 3.99. The highest BCUT2D eigenvalue weighted by Crippen LogP contribution is 2.42. The standard InChI is InChI=1S/C39H49N5O6/c1-25-34(47-2)13-12-32(41-25)27-8-6-26(7-9-27)19-44(35-18-29(14-17-40-35)33-24-49-36(42-33)28-10-11-28)37(45)39(15-4-3-5-16-39)50-38(46)43-20-30(21-43)31-22-48-23-31/h12-14,17-18,24,26-28,30-31H,3-11,15-16,19-23H2,1-2H3/t26-,27-. The molecule has 3 aromatic heterocycles. The van der Waals surface area contributed by atoms with Gasteiger partial charge in [0.15, 0.2) is 11.5 Å². The minimum atomic E-state index is -1.22. The molecule has 3 saturated carbocycles. The summed E-state index contributed by atoms with van der Waals surface area (Å²) in [5, 5.41) is 0. The van der Waals surface area contributed by atoms with Crippen molar-refractivity contribution in [3.05, 3.63) is 54.0 Å². The molecule has 266 valence electrons. The van der Waals surface area contributed by atoms with Gasteiger partial charge in [-0.25, -0.2) is 14.8 Å². The maximum atomic E-state index is 15.0. The van der Waals surface area contributed by atoms with Gasteiger partial charge in [0.1, 0.15) is 23.5 Å². The molecule has 5 heterocycles. The first-order chi connectivity index (χ1) is 24.4. The second-order valence-electron chi connectivity index (χ2n) is 15.3. The molecule has 2 saturated heterocycles. The van der Waals surface area contributed by atoms with Crippen molar-refractivity contribution in [3.8, 4) is 17.0 Å². The number of hydrogen-bond donors (Lipinski definition) is 0. The summed E-state index contributed by atoms with van der Waals surface area (Å²) in [4.78, 5) is 46.6. The van der Waals surface area contributed by atoms with Gasteiger partial charge in [0.2, 0.25) is 0 Å². The number of anilines is 1. The van der Waals surface area contributed by atoms with Crippen LogP contribution in [0.3, 0.4) is 0 Å². The first-order valence-corrected chi connectivity index (χ1v) is 18.7. The van der Waals surface area contributed by atoms with Crippen LogP contribution in [0.5, 0.6) is 5.75 Å². The minimum absolute atomic E-state index is 0.159. The van der Waals surface area contributed by atoms with Crippen LogP contribution in [0.15, 0.2) is 41.1 Å². The van der Waals surface area contributed by atoms with Crippen LogP contribution in [0.4, 0.5) is 10.6 Å². The second-order valence-corrected chi connectivity index (χ2v) is 15.3. The molecule has 2 amide bonds. The summed E-state index contributed by atoms with van der Waals surface area (Å²) in [6.07, 6.45) is 12.9. The Morgan fingerprint density at radius 2 is 1.72 bits per heavy atom. The van der Waals surface area contributed by atoms with Crippen LogP contribution in [0.25, 0.3) is 11.3 Å². The smallest absolute Gasteiger partial charge is 0.410 e. The Bertz CT molecular complexity index is 1680. The average molecular weight is 684 g/mol. The van der Waals surface area contributed by atoms with E-state index >= 15 is 4.79 Å². The number of pyridine rings is 2. The van der Waals surface area contributed by atoms with E-state index in [1.807, 2.05) is 30.0 Å². The van der Waals surface area contributed by atoms with Crippen molar-refractivity contribution < 1.29 is 28.2 Å². The molecule has 11 heteroatoms. The third kappa shape index (κ3) is 6.73. The monoisotopic (exact) mass is 683 g/mol. The quantitative estimate of drug-likeness (QED) is 0.221. The second kappa shape index (κ2) is 14.0. The van der Waals surface area contributed by atoms with Gasteiger partial charge in [-0.2, -0.15) is 0 Å². The number of rotatable bonds is 10. The van der Waals surface area contributed by atoms with Crippen molar-refractivity contribution in [1.82, 2.24) is 19.9 Å². The van der Waals surface area contributed by atoms with Gasteiger partial charge in [0, 0.05) is 60.8 Å². The molecule has 5 aliphatic rings. The number of nitrogens with zero attached hydrogens (tertiary/aromatic N) is 5. The van der Waals surface area contributed by atoms with Gasteiger partial charge < -0.3 is 23.5 Å². The lowest BCUT2D eigenvalue weighted by Crippen LogP contribution is -2.60. The number of oxazole rings is 1. The van der Waals surface area contributed by atoms with Gasteiger partial charge in [-0.15, -0.1) is 0 Å². The molecule has 8 rings (SSSR count). The first-order valence-electron chi connectivity index (χ1n) is 18.7. The fourth-order valence-corrected chi connectivity index (χ4v) is 8.30. The highest BCUT2D eigenvalue weighted by atomic mass is 16.6. The predicted octanol–water partition coefficient (Wildman–Crippen LogP) is 7.05. The Hall–Kier alpha value is -3.99. The summed E-state index contributed by atoms with van der Waals surface area (Å²) in [6, 6.07) is 7.96. The molecule has 0 atom stereocenters. The Labute approximate surface area is 294 Å². The Morgan fingerprint density at radius 1 is 0.960 bits per heavy atom. The molecular formula is C39H49N5O6. The Kier molecular flexibility index (Phi) is 9.26. The molecular weight excluding hydrogens is 634 g/mol. The lowest BCUT2D eigenvalue weighted by Gasteiger charge is -2.47. The fourth-order valence-electron chi connectivity index (χ4n) is 8.30. The molecule has 3 aliphatic carbocycles. The molecule has 11 nitrogen and oxygen atoms in total. The van der Waals surface area contributed by atoms with Gasteiger partial charge in [-0.3, -0.25) is 14.7 Å². The zero-order valence-corrected chi connectivity index (χ0v) is 29.4. The SMILES string of the molecule is COc1ccc([C@H]2CC[C@H](CN(C(=O)C3(OC(=O)N4CC(C5COC5)C4)CCCCC3)c3cc(-c4coc(C5CC5)n4)ccn3)CC2)nc1C. The van der Waals surface area contributed by atoms with Crippen molar-refractivity contribution in [1.29, 1.82) is 0 Å². The van der Waals surface area contributed by atoms with Gasteiger partial charge in [0.25, 0.3) is 5.91 Å². The minimum Gasteiger partial charge on any atom is -0.495 e. The van der Waals surface area contributed by atoms with Crippen LogP contribution in [0, 0.1) is 24.7 Å². The van der Waals surface area contributed by atoms with E-state index in [4.69, 9.17) is 33.6 Å². The van der Waals surface area contributed by atoms with Crippen LogP contribution < -0.4 is 9.64 Å². The van der Waals surface area contributed by atoms with Crippen molar-refractivity contribution in [3.63, 3.8) is 0 Å². The molecule has 0 aromatic carbocycles. The maximum Gasteiger partial charge on any atom is 0.410 e. The summed E-state index contributed by atoms with van der Waals surface area (Å²) in [7, 11) is 1.67. The number of methoxy groups -OCH3 is 1. The lowest BCUT2D eigenvalue weighted by molar-refractivity contribution is -0.144. The van der Waals surface area contributed by atoms with Gasteiger partial charge in [-0.1, -0.05) is 6.42 Å². The largest absolute Gasteiger partial charge is 0.495 e. The van der Waals surface area contributed by atoms with Crippen LogP contribution in [-0.2, 0) is 14.3 Å². The van der Waals surface area contributed by atoms with Crippen LogP contribution in [-0.4, -0.2) is 77.4 Å². The lowest BCUT2D eigenvalue weighted by atomic mass is 9.79. The topological polar surface area (TPSA) is 120 Å². The predicted molar refractivity (Wildman–Crippen MR) is 186 cm³/mol. The van der Waals surface area contributed by atoms with E-state index in [1.54, 1.807) is 24.5 Å². The first kappa shape index (κ1) is 33.2. The molecule has 0 spiro atoms. The summed E-state index contributed by atoms with van der Waals surface area (Å²) >= 11 is 0. The molecule has 0 unspecified atom stereocenters. The number of amides is 2. The van der Waals surface area contributed by atoms with Crippen molar-refractivity contribution in [2.45, 2.75) is 95.0 Å². The van der Waals surface area contributed by atoms with E-state index in [0.717, 1.165) is 105 Å². The van der Waals surface area contributed by atoms with E-state index in [0.29, 0.717) is 62.0 Å². The average Bonchev–Trinajstić information content (AvgIpc) is 3.83. The fraction of sp³-hybridized carbons (Fsp3) is 0.615. The molecule has 0 radical (unpaired) electrons. The number of carbonyl (C=O) groups is 2. The third-order valence-electron chi connectivity index (χ3n) is 11.8. The number of likely N-dealkylation sites (tertiary alicyclic amines) is 1. The van der Waals surface area contributed by atoms with E-state index in [1.165, 1.54) is 0 Å². The number of aryl methyl sites for hydroxylation is 1. The zero-order chi connectivity index (χ0) is 34.2. The zero-order valence-electron chi connectivity index (χ0n) is 29.4. The highest BCUT2D eigenvalue weighted by Gasteiger charge is 2.49. The van der Waals surface area contributed by atoms with Crippen molar-refractivity contribution in [2.75, 3.05) is 44.9 Å². The third-order valence-corrected chi connectivity index (χ3v) is 11.8.